The number of hydrogen-bond acceptors (Lipinski definition) is 4. The van der Waals surface area contributed by atoms with Crippen molar-refractivity contribution in [1.82, 2.24) is 5.32 Å². The largest absolute Gasteiger partial charge is 0.493 e. The molecule has 1 rings (SSSR count). The molecule has 1 aromatic rings. The summed E-state index contributed by atoms with van der Waals surface area (Å²) in [6.07, 6.45) is 1.11. The molecule has 0 amide bonds. The van der Waals surface area contributed by atoms with Crippen LogP contribution in [0.1, 0.15) is 18.9 Å². The molecule has 0 spiro atoms. The van der Waals surface area contributed by atoms with Crippen LogP contribution >= 0.6 is 12.4 Å². The molecule has 0 heterocycles. The summed E-state index contributed by atoms with van der Waals surface area (Å²) in [6.45, 7) is 3.88. The summed E-state index contributed by atoms with van der Waals surface area (Å²) >= 11 is 0. The Kier molecular flexibility index (Phi) is 8.33. The van der Waals surface area contributed by atoms with E-state index in [1.165, 1.54) is 0 Å². The molecule has 1 N–H and O–H groups in total. The standard InChI is InChI=1S/C13H21NO3.ClH/c1-5-8-14-9-10-6-7-11(15-2)13(17-4)12(10)16-3;/h6-7,14H,5,8-9H2,1-4H3;1H. The molecular weight excluding hydrogens is 254 g/mol. The Labute approximate surface area is 115 Å². The summed E-state index contributed by atoms with van der Waals surface area (Å²) in [6, 6.07) is 3.88. The highest BCUT2D eigenvalue weighted by molar-refractivity contribution is 5.85. The highest BCUT2D eigenvalue weighted by Crippen LogP contribution is 2.39. The monoisotopic (exact) mass is 275 g/mol. The van der Waals surface area contributed by atoms with Gasteiger partial charge in [-0.05, 0) is 19.0 Å². The Morgan fingerprint density at radius 2 is 1.67 bits per heavy atom. The van der Waals surface area contributed by atoms with E-state index >= 15 is 0 Å². The van der Waals surface area contributed by atoms with Gasteiger partial charge in [0.2, 0.25) is 5.75 Å². The molecule has 0 unspecified atom stereocenters. The molecule has 0 aliphatic heterocycles. The first-order chi connectivity index (χ1) is 8.28. The number of halogens is 1. The van der Waals surface area contributed by atoms with Gasteiger partial charge in [-0.1, -0.05) is 13.0 Å². The molecule has 4 nitrogen and oxygen atoms in total. The molecule has 0 aliphatic rings. The lowest BCUT2D eigenvalue weighted by Gasteiger charge is -2.15. The maximum atomic E-state index is 5.40. The van der Waals surface area contributed by atoms with E-state index in [0.717, 1.165) is 30.8 Å². The molecule has 0 atom stereocenters. The van der Waals surface area contributed by atoms with Crippen molar-refractivity contribution in [2.75, 3.05) is 27.9 Å². The van der Waals surface area contributed by atoms with Crippen LogP contribution in [0, 0.1) is 0 Å². The predicted molar refractivity (Wildman–Crippen MR) is 75.3 cm³/mol. The van der Waals surface area contributed by atoms with Gasteiger partial charge in [0, 0.05) is 12.1 Å². The van der Waals surface area contributed by atoms with Crippen molar-refractivity contribution in [2.24, 2.45) is 0 Å². The highest BCUT2D eigenvalue weighted by atomic mass is 35.5. The summed E-state index contributed by atoms with van der Waals surface area (Å²) in [7, 11) is 4.87. The number of benzene rings is 1. The SMILES string of the molecule is CCCNCc1ccc(OC)c(OC)c1OC.Cl. The van der Waals surface area contributed by atoms with E-state index in [1.807, 2.05) is 12.1 Å². The van der Waals surface area contributed by atoms with Crippen LogP contribution < -0.4 is 19.5 Å². The highest BCUT2D eigenvalue weighted by Gasteiger charge is 2.14. The van der Waals surface area contributed by atoms with Gasteiger partial charge in [-0.2, -0.15) is 0 Å². The molecule has 0 saturated carbocycles. The lowest BCUT2D eigenvalue weighted by Crippen LogP contribution is -2.14. The zero-order valence-electron chi connectivity index (χ0n) is 11.4. The van der Waals surface area contributed by atoms with Crippen LogP contribution in [0.3, 0.4) is 0 Å². The fourth-order valence-corrected chi connectivity index (χ4v) is 1.70. The van der Waals surface area contributed by atoms with E-state index < -0.39 is 0 Å². The zero-order chi connectivity index (χ0) is 12.7. The number of hydrogen-bond donors (Lipinski definition) is 1. The van der Waals surface area contributed by atoms with E-state index in [0.29, 0.717) is 11.5 Å². The topological polar surface area (TPSA) is 39.7 Å². The van der Waals surface area contributed by atoms with Crippen molar-refractivity contribution < 1.29 is 14.2 Å². The maximum Gasteiger partial charge on any atom is 0.203 e. The lowest BCUT2D eigenvalue weighted by molar-refractivity contribution is 0.321. The van der Waals surface area contributed by atoms with Gasteiger partial charge in [-0.3, -0.25) is 0 Å². The van der Waals surface area contributed by atoms with Crippen molar-refractivity contribution in [2.45, 2.75) is 19.9 Å². The van der Waals surface area contributed by atoms with Gasteiger partial charge in [-0.25, -0.2) is 0 Å². The van der Waals surface area contributed by atoms with Crippen molar-refractivity contribution in [3.63, 3.8) is 0 Å². The van der Waals surface area contributed by atoms with Crippen LogP contribution in [0.2, 0.25) is 0 Å². The molecule has 0 saturated heterocycles. The maximum absolute atomic E-state index is 5.40. The van der Waals surface area contributed by atoms with Crippen LogP contribution in [0.15, 0.2) is 12.1 Å². The van der Waals surface area contributed by atoms with E-state index in [4.69, 9.17) is 14.2 Å². The summed E-state index contributed by atoms with van der Waals surface area (Å²) in [5.74, 6) is 2.06. The Bertz CT molecular complexity index is 358. The van der Waals surface area contributed by atoms with Gasteiger partial charge in [0.15, 0.2) is 11.5 Å². The third-order valence-corrected chi connectivity index (χ3v) is 2.53. The van der Waals surface area contributed by atoms with Crippen LogP contribution in [-0.2, 0) is 6.54 Å². The number of methoxy groups -OCH3 is 3. The molecule has 0 fully saturated rings. The van der Waals surface area contributed by atoms with Gasteiger partial charge < -0.3 is 19.5 Å². The van der Waals surface area contributed by atoms with Crippen molar-refractivity contribution in [3.05, 3.63) is 17.7 Å². The Balaban J connectivity index is 0.00000289. The Morgan fingerprint density at radius 1 is 1.00 bits per heavy atom. The summed E-state index contributed by atoms with van der Waals surface area (Å²) in [5.41, 5.74) is 1.07. The van der Waals surface area contributed by atoms with Gasteiger partial charge in [-0.15, -0.1) is 12.4 Å². The second kappa shape index (κ2) is 8.89. The van der Waals surface area contributed by atoms with Crippen LogP contribution in [0.5, 0.6) is 17.2 Å². The third-order valence-electron chi connectivity index (χ3n) is 2.53. The van der Waals surface area contributed by atoms with Crippen LogP contribution in [0.4, 0.5) is 0 Å². The molecule has 0 aromatic heterocycles. The Morgan fingerprint density at radius 3 is 2.17 bits per heavy atom. The molecular formula is C13H22ClNO3. The summed E-state index contributed by atoms with van der Waals surface area (Å²) in [5, 5.41) is 3.34. The summed E-state index contributed by atoms with van der Waals surface area (Å²) < 4.78 is 16.0. The molecule has 1 aromatic carbocycles. The second-order valence-corrected chi connectivity index (χ2v) is 3.67. The first-order valence-corrected chi connectivity index (χ1v) is 5.77. The van der Waals surface area contributed by atoms with Gasteiger partial charge in [0.1, 0.15) is 0 Å². The van der Waals surface area contributed by atoms with Crippen LogP contribution in [0.25, 0.3) is 0 Å². The van der Waals surface area contributed by atoms with Crippen molar-refractivity contribution >= 4 is 12.4 Å². The molecule has 5 heteroatoms. The van der Waals surface area contributed by atoms with E-state index in [9.17, 15) is 0 Å². The molecule has 18 heavy (non-hydrogen) atoms. The minimum atomic E-state index is 0. The fraction of sp³-hybridized carbons (Fsp3) is 0.538. The van der Waals surface area contributed by atoms with E-state index in [2.05, 4.69) is 12.2 Å². The number of rotatable bonds is 7. The molecule has 0 radical (unpaired) electrons. The average Bonchev–Trinajstić information content (AvgIpc) is 2.38. The number of ether oxygens (including phenoxy) is 3. The molecule has 104 valence electrons. The first kappa shape index (κ1) is 16.9. The third kappa shape index (κ3) is 3.96. The van der Waals surface area contributed by atoms with E-state index in [1.54, 1.807) is 21.3 Å². The fourth-order valence-electron chi connectivity index (χ4n) is 1.70. The van der Waals surface area contributed by atoms with Gasteiger partial charge in [0.05, 0.1) is 21.3 Å². The molecule has 0 aliphatic carbocycles. The predicted octanol–water partition coefficient (Wildman–Crippen LogP) is 2.63. The van der Waals surface area contributed by atoms with Gasteiger partial charge >= 0.3 is 0 Å². The van der Waals surface area contributed by atoms with Crippen LogP contribution in [-0.4, -0.2) is 27.9 Å². The van der Waals surface area contributed by atoms with Crippen molar-refractivity contribution in [1.29, 1.82) is 0 Å². The summed E-state index contributed by atoms with van der Waals surface area (Å²) in [4.78, 5) is 0. The Hall–Kier alpha value is -1.13. The smallest absolute Gasteiger partial charge is 0.203 e. The quantitative estimate of drug-likeness (QED) is 0.777. The zero-order valence-corrected chi connectivity index (χ0v) is 12.2. The minimum absolute atomic E-state index is 0. The van der Waals surface area contributed by atoms with Crippen molar-refractivity contribution in [3.8, 4) is 17.2 Å². The average molecular weight is 276 g/mol. The molecule has 0 bridgehead atoms. The lowest BCUT2D eigenvalue weighted by atomic mass is 10.1. The van der Waals surface area contributed by atoms with E-state index in [-0.39, 0.29) is 12.4 Å². The second-order valence-electron chi connectivity index (χ2n) is 3.67. The number of nitrogens with one attached hydrogen (secondary N) is 1. The minimum Gasteiger partial charge on any atom is -0.493 e. The first-order valence-electron chi connectivity index (χ1n) is 5.77. The normalized spacial score (nSPS) is 9.56. The van der Waals surface area contributed by atoms with Gasteiger partial charge in [0.25, 0.3) is 0 Å².